The molecule has 1 aromatic heterocycles. The second-order valence-corrected chi connectivity index (χ2v) is 8.07. The molecule has 2 heterocycles. The molecule has 33 heavy (non-hydrogen) atoms. The van der Waals surface area contributed by atoms with Crippen LogP contribution in [-0.4, -0.2) is 41.0 Å². The molecule has 3 N–H and O–H groups in total. The molecule has 8 heteroatoms. The van der Waals surface area contributed by atoms with Crippen LogP contribution in [-0.2, 0) is 16.0 Å². The largest absolute Gasteiger partial charge is 0.379 e. The van der Waals surface area contributed by atoms with Gasteiger partial charge in [-0.05, 0) is 50.6 Å². The molecule has 0 unspecified atom stereocenters. The van der Waals surface area contributed by atoms with E-state index in [-0.39, 0.29) is 24.3 Å². The number of fused-ring (bicyclic) bond motifs is 3. The number of hydrogen-bond donors (Lipinski definition) is 3. The second-order valence-electron chi connectivity index (χ2n) is 8.07. The van der Waals surface area contributed by atoms with Gasteiger partial charge in [0.2, 0.25) is 11.9 Å². The van der Waals surface area contributed by atoms with Crippen LogP contribution >= 0.6 is 0 Å². The third-order valence-corrected chi connectivity index (χ3v) is 5.13. The lowest BCUT2D eigenvalue weighted by Crippen LogP contribution is -2.25. The summed E-state index contributed by atoms with van der Waals surface area (Å²) in [5.41, 5.74) is 4.42. The fourth-order valence-corrected chi connectivity index (χ4v) is 3.52. The molecule has 1 aliphatic heterocycles. The van der Waals surface area contributed by atoms with Crippen LogP contribution in [0.5, 0.6) is 0 Å². The molecule has 0 spiro atoms. The van der Waals surface area contributed by atoms with Crippen molar-refractivity contribution in [2.24, 2.45) is 0 Å². The van der Waals surface area contributed by atoms with E-state index in [0.29, 0.717) is 24.7 Å². The molecular weight excluding hydrogens is 418 g/mol. The molecule has 2 aromatic carbocycles. The van der Waals surface area contributed by atoms with Gasteiger partial charge in [-0.1, -0.05) is 18.2 Å². The van der Waals surface area contributed by atoms with E-state index in [1.54, 1.807) is 18.3 Å². The number of carbonyl (C=O) groups excluding carboxylic acids is 2. The van der Waals surface area contributed by atoms with Crippen LogP contribution in [0.3, 0.4) is 0 Å². The van der Waals surface area contributed by atoms with Crippen molar-refractivity contribution in [3.63, 3.8) is 0 Å². The molecule has 0 bridgehead atoms. The van der Waals surface area contributed by atoms with Gasteiger partial charge >= 0.3 is 0 Å². The summed E-state index contributed by atoms with van der Waals surface area (Å²) in [4.78, 5) is 33.5. The first-order chi connectivity index (χ1) is 16.0. The number of aromatic nitrogens is 2. The van der Waals surface area contributed by atoms with Gasteiger partial charge in [0.25, 0.3) is 5.91 Å². The molecule has 8 nitrogen and oxygen atoms in total. The maximum Gasteiger partial charge on any atom is 0.251 e. The van der Waals surface area contributed by atoms with Crippen LogP contribution in [0.15, 0.2) is 54.7 Å². The van der Waals surface area contributed by atoms with Crippen molar-refractivity contribution in [3.05, 3.63) is 65.9 Å². The first-order valence-electron chi connectivity index (χ1n) is 11.0. The van der Waals surface area contributed by atoms with Gasteiger partial charge in [-0.3, -0.25) is 9.59 Å². The van der Waals surface area contributed by atoms with Crippen molar-refractivity contribution in [2.75, 3.05) is 23.8 Å². The highest BCUT2D eigenvalue weighted by molar-refractivity contribution is 6.00. The third-order valence-electron chi connectivity index (χ3n) is 5.13. The van der Waals surface area contributed by atoms with E-state index in [9.17, 15) is 9.59 Å². The van der Waals surface area contributed by atoms with Crippen LogP contribution < -0.4 is 16.0 Å². The highest BCUT2D eigenvalue weighted by Gasteiger charge is 2.20. The quantitative estimate of drug-likeness (QED) is 0.454. The van der Waals surface area contributed by atoms with Gasteiger partial charge in [0.05, 0.1) is 23.9 Å². The number of nitrogens with one attached hydrogen (secondary N) is 3. The average Bonchev–Trinajstić information content (AvgIpc) is 2.94. The minimum absolute atomic E-state index is 0.0909. The standard InChI is InChI=1S/C25H27N5O3/c1-16(2)33-13-5-12-26-24(32)17-8-10-19(11-9-17)28-25-27-15-18-14-22(31)29-21-7-4-3-6-20(21)23(18)30-25/h3-4,6-11,15-16H,5,12-14H2,1-2H3,(H,26,32)(H,29,31)(H,27,28,30). The highest BCUT2D eigenvalue weighted by Crippen LogP contribution is 2.32. The molecule has 3 aromatic rings. The minimum atomic E-state index is -0.124. The number of anilines is 3. The fraction of sp³-hybridized carbons (Fsp3) is 0.280. The Hall–Kier alpha value is -3.78. The molecule has 4 rings (SSSR count). The van der Waals surface area contributed by atoms with E-state index < -0.39 is 0 Å². The Balaban J connectivity index is 1.42. The second kappa shape index (κ2) is 10.2. The summed E-state index contributed by atoms with van der Waals surface area (Å²) in [6.45, 7) is 5.16. The summed E-state index contributed by atoms with van der Waals surface area (Å²) in [7, 11) is 0. The van der Waals surface area contributed by atoms with E-state index in [1.807, 2.05) is 50.2 Å². The van der Waals surface area contributed by atoms with E-state index in [0.717, 1.165) is 34.6 Å². The average molecular weight is 446 g/mol. The lowest BCUT2D eigenvalue weighted by atomic mass is 10.1. The Bertz CT molecular complexity index is 1150. The summed E-state index contributed by atoms with van der Waals surface area (Å²) in [5.74, 6) is 0.202. The molecule has 0 saturated heterocycles. The van der Waals surface area contributed by atoms with Crippen LogP contribution in [0.4, 0.5) is 17.3 Å². The van der Waals surface area contributed by atoms with Crippen molar-refractivity contribution in [3.8, 4) is 11.3 Å². The molecule has 0 saturated carbocycles. The summed E-state index contributed by atoms with van der Waals surface area (Å²) in [6.07, 6.45) is 2.86. The van der Waals surface area contributed by atoms with Crippen molar-refractivity contribution < 1.29 is 14.3 Å². The zero-order valence-electron chi connectivity index (χ0n) is 18.7. The van der Waals surface area contributed by atoms with Crippen molar-refractivity contribution in [2.45, 2.75) is 32.8 Å². The van der Waals surface area contributed by atoms with Crippen molar-refractivity contribution >= 4 is 29.1 Å². The molecule has 0 aliphatic carbocycles. The first kappa shape index (κ1) is 22.4. The Morgan fingerprint density at radius 1 is 1.15 bits per heavy atom. The van der Waals surface area contributed by atoms with Gasteiger partial charge in [-0.15, -0.1) is 0 Å². The maximum absolute atomic E-state index is 12.3. The summed E-state index contributed by atoms with van der Waals surface area (Å²) in [6, 6.07) is 14.7. The van der Waals surface area contributed by atoms with E-state index in [1.165, 1.54) is 0 Å². The Morgan fingerprint density at radius 3 is 2.73 bits per heavy atom. The lowest BCUT2D eigenvalue weighted by Gasteiger charge is -2.11. The van der Waals surface area contributed by atoms with E-state index in [2.05, 4.69) is 25.9 Å². The lowest BCUT2D eigenvalue weighted by molar-refractivity contribution is -0.115. The van der Waals surface area contributed by atoms with Crippen LogP contribution in [0.2, 0.25) is 0 Å². The van der Waals surface area contributed by atoms with Gasteiger partial charge in [0.1, 0.15) is 0 Å². The molecular formula is C25H27N5O3. The topological polar surface area (TPSA) is 105 Å². The predicted molar refractivity (Wildman–Crippen MR) is 128 cm³/mol. The van der Waals surface area contributed by atoms with Crippen LogP contribution in [0.1, 0.15) is 36.2 Å². The van der Waals surface area contributed by atoms with Crippen molar-refractivity contribution in [1.82, 2.24) is 15.3 Å². The Labute approximate surface area is 192 Å². The minimum Gasteiger partial charge on any atom is -0.379 e. The van der Waals surface area contributed by atoms with Gasteiger partial charge < -0.3 is 20.7 Å². The van der Waals surface area contributed by atoms with E-state index in [4.69, 9.17) is 4.74 Å². The first-order valence-corrected chi connectivity index (χ1v) is 11.0. The van der Waals surface area contributed by atoms with Gasteiger partial charge in [0.15, 0.2) is 0 Å². The van der Waals surface area contributed by atoms with Crippen LogP contribution in [0.25, 0.3) is 11.3 Å². The summed E-state index contributed by atoms with van der Waals surface area (Å²) in [5, 5.41) is 8.98. The Kier molecular flexibility index (Phi) is 6.95. The number of amides is 2. The van der Waals surface area contributed by atoms with Crippen LogP contribution in [0, 0.1) is 0 Å². The number of ether oxygens (including phenoxy) is 1. The van der Waals surface area contributed by atoms with Gasteiger partial charge in [0, 0.05) is 41.7 Å². The Morgan fingerprint density at radius 2 is 1.94 bits per heavy atom. The fourth-order valence-electron chi connectivity index (χ4n) is 3.52. The highest BCUT2D eigenvalue weighted by atomic mass is 16.5. The molecule has 2 amide bonds. The zero-order chi connectivity index (χ0) is 23.2. The third kappa shape index (κ3) is 5.72. The summed E-state index contributed by atoms with van der Waals surface area (Å²) < 4.78 is 5.48. The number of hydrogen-bond acceptors (Lipinski definition) is 6. The SMILES string of the molecule is CC(C)OCCCNC(=O)c1ccc(Nc2ncc3c(n2)-c2ccccc2NC(=O)C3)cc1. The molecule has 0 radical (unpaired) electrons. The van der Waals surface area contributed by atoms with Crippen molar-refractivity contribution in [1.29, 1.82) is 0 Å². The molecule has 0 atom stereocenters. The number of carbonyl (C=O) groups is 2. The molecule has 170 valence electrons. The predicted octanol–water partition coefficient (Wildman–Crippen LogP) is 3.93. The normalized spacial score (nSPS) is 12.4. The number of benzene rings is 2. The number of para-hydroxylation sites is 1. The molecule has 1 aliphatic rings. The number of nitrogens with zero attached hydrogens (tertiary/aromatic N) is 2. The number of rotatable bonds is 8. The zero-order valence-corrected chi connectivity index (χ0v) is 18.7. The van der Waals surface area contributed by atoms with Gasteiger partial charge in [-0.2, -0.15) is 0 Å². The summed E-state index contributed by atoms with van der Waals surface area (Å²) >= 11 is 0. The smallest absolute Gasteiger partial charge is 0.251 e. The van der Waals surface area contributed by atoms with E-state index >= 15 is 0 Å². The van der Waals surface area contributed by atoms with Gasteiger partial charge in [-0.25, -0.2) is 9.97 Å². The maximum atomic E-state index is 12.3. The monoisotopic (exact) mass is 445 g/mol. The molecule has 0 fully saturated rings.